The van der Waals surface area contributed by atoms with E-state index in [9.17, 15) is 9.90 Å². The minimum Gasteiger partial charge on any atom is -0.371 e. The number of halogens is 3. The SMILES string of the molecule is O=C(N[C@@H](O)C(Cl)Cl)c1ccc(Br)cc1. The number of carbonyl (C=O) groups excluding carboxylic acids is 1. The lowest BCUT2D eigenvalue weighted by atomic mass is 10.2. The normalized spacial score (nSPS) is 12.6. The molecule has 0 saturated carbocycles. The topological polar surface area (TPSA) is 49.3 Å². The molecule has 0 unspecified atom stereocenters. The van der Waals surface area contributed by atoms with E-state index in [0.717, 1.165) is 4.47 Å². The van der Waals surface area contributed by atoms with E-state index in [1.54, 1.807) is 24.3 Å². The van der Waals surface area contributed by atoms with Gasteiger partial charge in [0, 0.05) is 10.0 Å². The van der Waals surface area contributed by atoms with Crippen LogP contribution in [0.1, 0.15) is 10.4 Å². The van der Waals surface area contributed by atoms with Gasteiger partial charge in [0.15, 0.2) is 11.1 Å². The fourth-order valence-electron chi connectivity index (χ4n) is 0.882. The van der Waals surface area contributed by atoms with Gasteiger partial charge in [-0.1, -0.05) is 15.9 Å². The molecule has 3 nitrogen and oxygen atoms in total. The fourth-order valence-corrected chi connectivity index (χ4v) is 1.27. The van der Waals surface area contributed by atoms with Crippen LogP contribution in [-0.2, 0) is 0 Å². The van der Waals surface area contributed by atoms with Gasteiger partial charge in [-0.25, -0.2) is 0 Å². The van der Waals surface area contributed by atoms with Crippen LogP contribution in [0.2, 0.25) is 0 Å². The summed E-state index contributed by atoms with van der Waals surface area (Å²) in [6, 6.07) is 6.67. The number of hydrogen-bond acceptors (Lipinski definition) is 2. The molecular formula is C9H8BrCl2NO2. The van der Waals surface area contributed by atoms with Crippen molar-refractivity contribution in [3.05, 3.63) is 34.3 Å². The van der Waals surface area contributed by atoms with Crippen LogP contribution in [0.15, 0.2) is 28.7 Å². The Morgan fingerprint density at radius 3 is 2.33 bits per heavy atom. The molecule has 0 spiro atoms. The van der Waals surface area contributed by atoms with E-state index >= 15 is 0 Å². The van der Waals surface area contributed by atoms with Gasteiger partial charge in [-0.3, -0.25) is 4.79 Å². The Labute approximate surface area is 106 Å². The lowest BCUT2D eigenvalue weighted by Gasteiger charge is -2.13. The monoisotopic (exact) mass is 311 g/mol. The van der Waals surface area contributed by atoms with Crippen molar-refractivity contribution < 1.29 is 9.90 Å². The van der Waals surface area contributed by atoms with Gasteiger partial charge in [0.2, 0.25) is 0 Å². The third-order valence-electron chi connectivity index (χ3n) is 1.62. The zero-order valence-corrected chi connectivity index (χ0v) is 10.6. The highest BCUT2D eigenvalue weighted by molar-refractivity contribution is 9.10. The lowest BCUT2D eigenvalue weighted by Crippen LogP contribution is -2.38. The van der Waals surface area contributed by atoms with Crippen molar-refractivity contribution in [2.45, 2.75) is 11.1 Å². The first-order chi connectivity index (χ1) is 7.00. The highest BCUT2D eigenvalue weighted by atomic mass is 79.9. The van der Waals surface area contributed by atoms with Gasteiger partial charge in [0.25, 0.3) is 5.91 Å². The summed E-state index contributed by atoms with van der Waals surface area (Å²) in [5, 5.41) is 11.5. The van der Waals surface area contributed by atoms with Crippen LogP contribution in [0.4, 0.5) is 0 Å². The molecular weight excluding hydrogens is 305 g/mol. The smallest absolute Gasteiger partial charge is 0.253 e. The van der Waals surface area contributed by atoms with Gasteiger partial charge in [-0.15, -0.1) is 23.2 Å². The molecule has 2 N–H and O–H groups in total. The van der Waals surface area contributed by atoms with Crippen LogP contribution in [0.25, 0.3) is 0 Å². The van der Waals surface area contributed by atoms with Gasteiger partial charge < -0.3 is 10.4 Å². The first kappa shape index (κ1) is 12.8. The van der Waals surface area contributed by atoms with E-state index in [2.05, 4.69) is 21.2 Å². The zero-order valence-electron chi connectivity index (χ0n) is 7.45. The van der Waals surface area contributed by atoms with E-state index in [1.807, 2.05) is 0 Å². The highest BCUT2D eigenvalue weighted by Gasteiger charge is 2.16. The number of rotatable bonds is 3. The molecule has 0 fully saturated rings. The Bertz CT molecular complexity index is 342. The summed E-state index contributed by atoms with van der Waals surface area (Å²) in [6.07, 6.45) is -1.27. The summed E-state index contributed by atoms with van der Waals surface area (Å²) >= 11 is 14.0. The second-order valence-corrected chi connectivity index (χ2v) is 4.84. The van der Waals surface area contributed by atoms with Crippen molar-refractivity contribution >= 4 is 45.0 Å². The van der Waals surface area contributed by atoms with Crippen molar-refractivity contribution in [1.29, 1.82) is 0 Å². The first-order valence-electron chi connectivity index (χ1n) is 4.03. The number of nitrogens with one attached hydrogen (secondary N) is 1. The molecule has 0 aliphatic carbocycles. The Balaban J connectivity index is 2.65. The largest absolute Gasteiger partial charge is 0.371 e. The molecule has 1 aromatic rings. The van der Waals surface area contributed by atoms with E-state index < -0.39 is 17.0 Å². The third kappa shape index (κ3) is 3.99. The molecule has 1 atom stereocenters. The van der Waals surface area contributed by atoms with Crippen molar-refractivity contribution in [2.75, 3.05) is 0 Å². The number of aliphatic hydroxyl groups is 1. The molecule has 6 heteroatoms. The first-order valence-corrected chi connectivity index (χ1v) is 5.70. The van der Waals surface area contributed by atoms with Crippen LogP contribution >= 0.6 is 39.1 Å². The van der Waals surface area contributed by atoms with Gasteiger partial charge in [-0.2, -0.15) is 0 Å². The molecule has 0 aliphatic rings. The molecule has 82 valence electrons. The molecule has 1 amide bonds. The van der Waals surface area contributed by atoms with Gasteiger partial charge >= 0.3 is 0 Å². The quantitative estimate of drug-likeness (QED) is 0.664. The predicted octanol–water partition coefficient (Wildman–Crippen LogP) is 2.30. The third-order valence-corrected chi connectivity index (χ3v) is 2.63. The van der Waals surface area contributed by atoms with Crippen molar-refractivity contribution in [3.63, 3.8) is 0 Å². The Morgan fingerprint density at radius 2 is 1.87 bits per heavy atom. The molecule has 0 aliphatic heterocycles. The Morgan fingerprint density at radius 1 is 1.33 bits per heavy atom. The number of alkyl halides is 2. The summed E-state index contributed by atoms with van der Waals surface area (Å²) in [4.78, 5) is 10.4. The second-order valence-electron chi connectivity index (χ2n) is 2.76. The average molecular weight is 313 g/mol. The molecule has 1 aromatic carbocycles. The van der Waals surface area contributed by atoms with E-state index in [4.69, 9.17) is 23.2 Å². The second kappa shape index (κ2) is 5.70. The van der Waals surface area contributed by atoms with Crippen LogP contribution in [0.5, 0.6) is 0 Å². The number of amides is 1. The zero-order chi connectivity index (χ0) is 11.4. The van der Waals surface area contributed by atoms with Crippen molar-refractivity contribution in [2.24, 2.45) is 0 Å². The molecule has 0 bridgehead atoms. The van der Waals surface area contributed by atoms with E-state index in [-0.39, 0.29) is 0 Å². The molecule has 1 rings (SSSR count). The maximum absolute atomic E-state index is 11.5. The van der Waals surface area contributed by atoms with Crippen LogP contribution < -0.4 is 5.32 Å². The summed E-state index contributed by atoms with van der Waals surface area (Å²) in [7, 11) is 0. The molecule has 0 radical (unpaired) electrons. The van der Waals surface area contributed by atoms with E-state index in [0.29, 0.717) is 5.56 Å². The molecule has 15 heavy (non-hydrogen) atoms. The van der Waals surface area contributed by atoms with Crippen molar-refractivity contribution in [3.8, 4) is 0 Å². The minimum absolute atomic E-state index is 0.422. The number of aliphatic hydroxyl groups excluding tert-OH is 1. The standard InChI is InChI=1S/C9H8BrCl2NO2/c10-6-3-1-5(2-4-6)8(14)13-9(15)7(11)12/h1-4,7,9,15H,(H,13,14)/t9-/m0/s1. The summed E-state index contributed by atoms with van der Waals surface area (Å²) in [5.74, 6) is -0.429. The number of benzene rings is 1. The lowest BCUT2D eigenvalue weighted by molar-refractivity contribution is 0.0809. The van der Waals surface area contributed by atoms with Crippen LogP contribution in [0, 0.1) is 0 Å². The predicted molar refractivity (Wildman–Crippen MR) is 63.1 cm³/mol. The summed E-state index contributed by atoms with van der Waals surface area (Å²) in [5.41, 5.74) is 0.422. The Kier molecular flexibility index (Phi) is 4.86. The Hall–Kier alpha value is -0.290. The number of hydrogen-bond donors (Lipinski definition) is 2. The molecule has 0 aromatic heterocycles. The molecule has 0 saturated heterocycles. The maximum Gasteiger partial charge on any atom is 0.253 e. The van der Waals surface area contributed by atoms with Gasteiger partial charge in [-0.05, 0) is 24.3 Å². The average Bonchev–Trinajstić information content (AvgIpc) is 2.18. The van der Waals surface area contributed by atoms with Crippen LogP contribution in [0.3, 0.4) is 0 Å². The number of carbonyl (C=O) groups is 1. The maximum atomic E-state index is 11.5. The van der Waals surface area contributed by atoms with Crippen molar-refractivity contribution in [1.82, 2.24) is 5.32 Å². The molecule has 0 heterocycles. The minimum atomic E-state index is -1.27. The summed E-state index contributed by atoms with van der Waals surface area (Å²) < 4.78 is 0.868. The highest BCUT2D eigenvalue weighted by Crippen LogP contribution is 2.11. The van der Waals surface area contributed by atoms with Gasteiger partial charge in [0.05, 0.1) is 0 Å². The van der Waals surface area contributed by atoms with E-state index in [1.165, 1.54) is 0 Å². The van der Waals surface area contributed by atoms with Gasteiger partial charge in [0.1, 0.15) is 0 Å². The van der Waals surface area contributed by atoms with Crippen LogP contribution in [-0.4, -0.2) is 22.1 Å². The fraction of sp³-hybridized carbons (Fsp3) is 0.222. The summed E-state index contributed by atoms with van der Waals surface area (Å²) in [6.45, 7) is 0.